The molecule has 0 saturated carbocycles. The largest absolute Gasteiger partial charge is 0.310 e. The van der Waals surface area contributed by atoms with E-state index in [1.54, 1.807) is 12.4 Å². The van der Waals surface area contributed by atoms with Crippen LogP contribution in [0.15, 0.2) is 36.7 Å². The Morgan fingerprint density at radius 3 is 2.68 bits per heavy atom. The molecule has 0 aliphatic carbocycles. The van der Waals surface area contributed by atoms with Crippen LogP contribution in [0.1, 0.15) is 24.1 Å². The van der Waals surface area contributed by atoms with E-state index in [0.29, 0.717) is 12.0 Å². The third-order valence-corrected chi connectivity index (χ3v) is 2.90. The molecule has 0 spiro atoms. The van der Waals surface area contributed by atoms with Gasteiger partial charge in [0, 0.05) is 18.3 Å². The van der Waals surface area contributed by atoms with E-state index in [1.807, 2.05) is 13.0 Å². The van der Waals surface area contributed by atoms with Crippen molar-refractivity contribution in [2.45, 2.75) is 19.4 Å². The molecule has 0 aliphatic rings. The van der Waals surface area contributed by atoms with Crippen LogP contribution in [0.25, 0.3) is 0 Å². The second-order valence-corrected chi connectivity index (χ2v) is 4.23. The van der Waals surface area contributed by atoms with Gasteiger partial charge in [-0.25, -0.2) is 8.78 Å². The molecule has 2 aromatic rings. The number of aromatic nitrogens is 2. The van der Waals surface area contributed by atoms with Gasteiger partial charge >= 0.3 is 0 Å². The molecule has 100 valence electrons. The summed E-state index contributed by atoms with van der Waals surface area (Å²) < 4.78 is 26.6. The van der Waals surface area contributed by atoms with Gasteiger partial charge in [0.25, 0.3) is 0 Å². The lowest BCUT2D eigenvalue weighted by atomic mass is 10.00. The molecule has 1 atom stereocenters. The lowest BCUT2D eigenvalue weighted by Gasteiger charge is -2.18. The van der Waals surface area contributed by atoms with Gasteiger partial charge in [-0.05, 0) is 36.2 Å². The van der Waals surface area contributed by atoms with Gasteiger partial charge < -0.3 is 5.32 Å². The fraction of sp³-hybridized carbons (Fsp3) is 0.286. The van der Waals surface area contributed by atoms with Crippen molar-refractivity contribution in [1.29, 1.82) is 0 Å². The molecule has 0 aliphatic heterocycles. The van der Waals surface area contributed by atoms with Crippen LogP contribution < -0.4 is 5.32 Å². The smallest absolute Gasteiger partial charge is 0.129 e. The maximum Gasteiger partial charge on any atom is 0.129 e. The first-order valence-electron chi connectivity index (χ1n) is 6.14. The maximum atomic E-state index is 13.7. The minimum atomic E-state index is -0.563. The predicted octanol–water partition coefficient (Wildman–Crippen LogP) is 2.65. The van der Waals surface area contributed by atoms with E-state index in [1.165, 1.54) is 12.1 Å². The van der Waals surface area contributed by atoms with Crippen LogP contribution in [-0.4, -0.2) is 16.7 Å². The fourth-order valence-electron chi connectivity index (χ4n) is 1.97. The van der Waals surface area contributed by atoms with Crippen LogP contribution in [0.4, 0.5) is 8.78 Å². The first-order chi connectivity index (χ1) is 9.20. The Kier molecular flexibility index (Phi) is 4.52. The van der Waals surface area contributed by atoms with Crippen molar-refractivity contribution in [3.63, 3.8) is 0 Å². The third kappa shape index (κ3) is 3.54. The Bertz CT molecular complexity index is 531. The molecule has 0 fully saturated rings. The van der Waals surface area contributed by atoms with Crippen molar-refractivity contribution in [2.75, 3.05) is 6.54 Å². The molecule has 2 rings (SSSR count). The summed E-state index contributed by atoms with van der Waals surface area (Å²) in [6, 6.07) is 5.42. The second-order valence-electron chi connectivity index (χ2n) is 4.23. The molecule has 1 heterocycles. The highest BCUT2D eigenvalue weighted by atomic mass is 19.1. The summed E-state index contributed by atoms with van der Waals surface area (Å²) in [5.41, 5.74) is 1.41. The van der Waals surface area contributed by atoms with Gasteiger partial charge in [-0.15, -0.1) is 0 Å². The fourth-order valence-corrected chi connectivity index (χ4v) is 1.97. The highest BCUT2D eigenvalue weighted by Crippen LogP contribution is 2.19. The van der Waals surface area contributed by atoms with E-state index in [4.69, 9.17) is 0 Å². The average molecular weight is 263 g/mol. The lowest BCUT2D eigenvalue weighted by molar-refractivity contribution is 0.519. The molecular weight excluding hydrogens is 248 g/mol. The monoisotopic (exact) mass is 263 g/mol. The Morgan fingerprint density at radius 1 is 1.21 bits per heavy atom. The topological polar surface area (TPSA) is 37.8 Å². The molecule has 19 heavy (non-hydrogen) atoms. The van der Waals surface area contributed by atoms with Gasteiger partial charge in [0.15, 0.2) is 0 Å². The molecule has 0 bridgehead atoms. The zero-order chi connectivity index (χ0) is 13.7. The highest BCUT2D eigenvalue weighted by Gasteiger charge is 2.14. The predicted molar refractivity (Wildman–Crippen MR) is 68.5 cm³/mol. The van der Waals surface area contributed by atoms with E-state index in [2.05, 4.69) is 15.5 Å². The molecule has 0 amide bonds. The summed E-state index contributed by atoms with van der Waals surface area (Å²) >= 11 is 0. The van der Waals surface area contributed by atoms with Crippen molar-refractivity contribution in [3.05, 3.63) is 59.4 Å². The summed E-state index contributed by atoms with van der Waals surface area (Å²) in [6.45, 7) is 2.72. The number of likely N-dealkylation sites (N-methyl/N-ethyl adjacent to an activating group) is 1. The minimum Gasteiger partial charge on any atom is -0.310 e. The van der Waals surface area contributed by atoms with Crippen molar-refractivity contribution in [2.24, 2.45) is 0 Å². The van der Waals surface area contributed by atoms with Gasteiger partial charge in [0.2, 0.25) is 0 Å². The molecule has 1 aromatic carbocycles. The van der Waals surface area contributed by atoms with E-state index in [0.717, 1.165) is 18.2 Å². The molecule has 1 unspecified atom stereocenters. The number of halogens is 2. The minimum absolute atomic E-state index is 0.0690. The zero-order valence-corrected chi connectivity index (χ0v) is 10.6. The van der Waals surface area contributed by atoms with Crippen LogP contribution in [0.3, 0.4) is 0 Å². The van der Waals surface area contributed by atoms with Crippen LogP contribution in [0, 0.1) is 11.6 Å². The number of hydrogen-bond donors (Lipinski definition) is 1. The molecule has 3 nitrogen and oxygen atoms in total. The zero-order valence-electron chi connectivity index (χ0n) is 10.6. The van der Waals surface area contributed by atoms with Crippen LogP contribution in [0.2, 0.25) is 0 Å². The Morgan fingerprint density at radius 2 is 2.05 bits per heavy atom. The number of hydrogen-bond acceptors (Lipinski definition) is 3. The average Bonchev–Trinajstić information content (AvgIpc) is 2.42. The van der Waals surface area contributed by atoms with Crippen molar-refractivity contribution in [1.82, 2.24) is 15.5 Å². The van der Waals surface area contributed by atoms with E-state index < -0.39 is 11.6 Å². The quantitative estimate of drug-likeness (QED) is 0.901. The number of nitrogens with one attached hydrogen (secondary N) is 1. The maximum absolute atomic E-state index is 13.7. The third-order valence-electron chi connectivity index (χ3n) is 2.90. The molecule has 0 saturated heterocycles. The van der Waals surface area contributed by atoms with Crippen molar-refractivity contribution >= 4 is 0 Å². The van der Waals surface area contributed by atoms with Crippen molar-refractivity contribution < 1.29 is 8.78 Å². The first kappa shape index (κ1) is 13.5. The first-order valence-corrected chi connectivity index (χ1v) is 6.14. The summed E-state index contributed by atoms with van der Waals surface area (Å²) in [7, 11) is 0. The molecule has 5 heteroatoms. The summed E-state index contributed by atoms with van der Waals surface area (Å²) in [6.07, 6.45) is 3.68. The van der Waals surface area contributed by atoms with Gasteiger partial charge in [0.05, 0.1) is 6.20 Å². The van der Waals surface area contributed by atoms with Gasteiger partial charge in [-0.2, -0.15) is 10.2 Å². The Labute approximate surface area is 110 Å². The lowest BCUT2D eigenvalue weighted by Crippen LogP contribution is -2.23. The Hall–Kier alpha value is -1.88. The highest BCUT2D eigenvalue weighted by molar-refractivity contribution is 5.23. The normalized spacial score (nSPS) is 12.4. The van der Waals surface area contributed by atoms with Crippen LogP contribution in [0.5, 0.6) is 0 Å². The van der Waals surface area contributed by atoms with Gasteiger partial charge in [0.1, 0.15) is 11.6 Å². The SMILES string of the molecule is CCNC(Cc1ccc(F)cc1F)c1ccnnc1. The summed E-state index contributed by atoms with van der Waals surface area (Å²) in [5, 5.41) is 10.8. The van der Waals surface area contributed by atoms with Gasteiger partial charge in [-0.3, -0.25) is 0 Å². The second kappa shape index (κ2) is 6.33. The van der Waals surface area contributed by atoms with E-state index >= 15 is 0 Å². The molecular formula is C14H15F2N3. The van der Waals surface area contributed by atoms with Gasteiger partial charge in [-0.1, -0.05) is 13.0 Å². The van der Waals surface area contributed by atoms with Crippen LogP contribution in [-0.2, 0) is 6.42 Å². The summed E-state index contributed by atoms with van der Waals surface area (Å²) in [5.74, 6) is -1.09. The molecule has 1 aromatic heterocycles. The molecule has 0 radical (unpaired) electrons. The van der Waals surface area contributed by atoms with E-state index in [-0.39, 0.29) is 6.04 Å². The Balaban J connectivity index is 2.21. The number of benzene rings is 1. The summed E-state index contributed by atoms with van der Waals surface area (Å²) in [4.78, 5) is 0. The van der Waals surface area contributed by atoms with E-state index in [9.17, 15) is 8.78 Å². The number of nitrogens with zero attached hydrogens (tertiary/aromatic N) is 2. The standard InChI is InChI=1S/C14H15F2N3/c1-2-17-14(11-5-6-18-19-9-11)7-10-3-4-12(15)8-13(10)16/h3-6,8-9,14,17H,2,7H2,1H3. The van der Waals surface area contributed by atoms with Crippen LogP contribution >= 0.6 is 0 Å². The number of rotatable bonds is 5. The van der Waals surface area contributed by atoms with Crippen molar-refractivity contribution in [3.8, 4) is 0 Å². The molecule has 1 N–H and O–H groups in total.